The molecule has 33 heavy (non-hydrogen) atoms. The molecule has 0 amide bonds. The summed E-state index contributed by atoms with van der Waals surface area (Å²) in [4.78, 5) is 25.8. The molecule has 0 saturated heterocycles. The zero-order valence-corrected chi connectivity index (χ0v) is 19.3. The molecule has 172 valence electrons. The van der Waals surface area contributed by atoms with Crippen LogP contribution in [0.4, 0.5) is 11.6 Å². The molecule has 3 aromatic rings. The quantitative estimate of drug-likeness (QED) is 0.481. The Labute approximate surface area is 194 Å². The van der Waals surface area contributed by atoms with Crippen molar-refractivity contribution in [2.45, 2.75) is 58.5 Å². The van der Waals surface area contributed by atoms with E-state index in [1.54, 1.807) is 25.4 Å². The van der Waals surface area contributed by atoms with Crippen molar-refractivity contribution in [3.8, 4) is 11.3 Å². The Hall–Kier alpha value is -3.32. The summed E-state index contributed by atoms with van der Waals surface area (Å²) in [7, 11) is 0. The Morgan fingerprint density at radius 1 is 1.00 bits per heavy atom. The van der Waals surface area contributed by atoms with Crippen molar-refractivity contribution in [1.82, 2.24) is 15.0 Å². The largest absolute Gasteiger partial charge is 0.481 e. The molecule has 7 heteroatoms. The van der Waals surface area contributed by atoms with Gasteiger partial charge in [0.25, 0.3) is 0 Å². The first kappa shape index (κ1) is 22.9. The minimum atomic E-state index is -1.57. The number of aliphatic hydroxyl groups is 1. The van der Waals surface area contributed by atoms with Gasteiger partial charge in [0, 0.05) is 18.0 Å². The number of aromatic nitrogens is 3. The standard InChI is InChI=1S/C26H30N4O3/c1-17-9-12-27-22(14-17)30-23-15-18(2)13-20(29-23)19-7-8-21(28-16-19)25(3,33)26(24(31)32)10-5-4-6-11-26/h7-9,12-16,33H,4-6,10-11H2,1-3H3,(H,31,32)(H,27,29,30). The fourth-order valence-electron chi connectivity index (χ4n) is 4.76. The highest BCUT2D eigenvalue weighted by Crippen LogP contribution is 2.49. The van der Waals surface area contributed by atoms with Crippen molar-refractivity contribution in [3.05, 3.63) is 65.6 Å². The molecular formula is C26H30N4O3. The first-order valence-electron chi connectivity index (χ1n) is 11.3. The normalized spacial score (nSPS) is 17.2. The average Bonchev–Trinajstić information content (AvgIpc) is 2.79. The molecule has 1 unspecified atom stereocenters. The Morgan fingerprint density at radius 2 is 1.73 bits per heavy atom. The number of carboxylic acids is 1. The van der Waals surface area contributed by atoms with Crippen molar-refractivity contribution in [2.75, 3.05) is 5.32 Å². The smallest absolute Gasteiger partial charge is 0.312 e. The third-order valence-corrected chi connectivity index (χ3v) is 6.75. The summed E-state index contributed by atoms with van der Waals surface area (Å²) >= 11 is 0. The molecule has 0 aliphatic heterocycles. The van der Waals surface area contributed by atoms with Gasteiger partial charge in [0.1, 0.15) is 22.7 Å². The van der Waals surface area contributed by atoms with Gasteiger partial charge in [0.05, 0.1) is 11.4 Å². The van der Waals surface area contributed by atoms with Gasteiger partial charge in [-0.15, -0.1) is 0 Å². The van der Waals surface area contributed by atoms with Crippen molar-refractivity contribution in [2.24, 2.45) is 5.41 Å². The number of aryl methyl sites for hydroxylation is 2. The van der Waals surface area contributed by atoms with Gasteiger partial charge in [-0.3, -0.25) is 9.78 Å². The van der Waals surface area contributed by atoms with E-state index in [0.717, 1.165) is 47.5 Å². The van der Waals surface area contributed by atoms with Crippen molar-refractivity contribution < 1.29 is 15.0 Å². The van der Waals surface area contributed by atoms with Crippen LogP contribution in [0.15, 0.2) is 48.8 Å². The highest BCUT2D eigenvalue weighted by Gasteiger charge is 2.55. The Balaban J connectivity index is 1.63. The maximum absolute atomic E-state index is 12.2. The van der Waals surface area contributed by atoms with Gasteiger partial charge < -0.3 is 15.5 Å². The summed E-state index contributed by atoms with van der Waals surface area (Å²) in [6.45, 7) is 5.58. The van der Waals surface area contributed by atoms with Crippen LogP contribution < -0.4 is 5.32 Å². The first-order valence-corrected chi connectivity index (χ1v) is 11.3. The number of hydrogen-bond donors (Lipinski definition) is 3. The van der Waals surface area contributed by atoms with E-state index in [-0.39, 0.29) is 0 Å². The number of rotatable bonds is 6. The molecule has 1 atom stereocenters. The van der Waals surface area contributed by atoms with Crippen LogP contribution in [0.5, 0.6) is 0 Å². The van der Waals surface area contributed by atoms with E-state index in [2.05, 4.69) is 15.3 Å². The van der Waals surface area contributed by atoms with Crippen molar-refractivity contribution >= 4 is 17.6 Å². The Kier molecular flexibility index (Phi) is 6.17. The monoisotopic (exact) mass is 446 g/mol. The number of nitrogens with zero attached hydrogens (tertiary/aromatic N) is 3. The average molecular weight is 447 g/mol. The third kappa shape index (κ3) is 4.46. The maximum atomic E-state index is 12.2. The molecule has 0 radical (unpaired) electrons. The van der Waals surface area contributed by atoms with Gasteiger partial charge >= 0.3 is 5.97 Å². The van der Waals surface area contributed by atoms with Gasteiger partial charge in [0.15, 0.2) is 0 Å². The van der Waals surface area contributed by atoms with Gasteiger partial charge in [-0.05, 0) is 81.1 Å². The number of pyridine rings is 3. The molecule has 1 fully saturated rings. The number of carbonyl (C=O) groups is 1. The fraction of sp³-hybridized carbons (Fsp3) is 0.385. The molecule has 3 aromatic heterocycles. The number of anilines is 2. The molecule has 0 aromatic carbocycles. The van der Waals surface area contributed by atoms with Crippen LogP contribution in [0.3, 0.4) is 0 Å². The fourth-order valence-corrected chi connectivity index (χ4v) is 4.76. The zero-order chi connectivity index (χ0) is 23.6. The topological polar surface area (TPSA) is 108 Å². The summed E-state index contributed by atoms with van der Waals surface area (Å²) in [5.74, 6) is 0.431. The van der Waals surface area contributed by atoms with Crippen molar-refractivity contribution in [1.29, 1.82) is 0 Å². The highest BCUT2D eigenvalue weighted by atomic mass is 16.4. The van der Waals surface area contributed by atoms with E-state index >= 15 is 0 Å². The van der Waals surface area contributed by atoms with Gasteiger partial charge in [0.2, 0.25) is 0 Å². The molecule has 3 N–H and O–H groups in total. The van der Waals surface area contributed by atoms with E-state index in [1.807, 2.05) is 44.2 Å². The van der Waals surface area contributed by atoms with E-state index in [0.29, 0.717) is 24.4 Å². The SMILES string of the molecule is Cc1ccnc(Nc2cc(C)cc(-c3ccc(C(C)(O)C4(C(=O)O)CCCCC4)nc3)n2)c1. The lowest BCUT2D eigenvalue weighted by atomic mass is 9.62. The molecule has 1 saturated carbocycles. The lowest BCUT2D eigenvalue weighted by Crippen LogP contribution is -2.50. The molecule has 0 bridgehead atoms. The van der Waals surface area contributed by atoms with Crippen LogP contribution in [0.1, 0.15) is 55.8 Å². The molecule has 7 nitrogen and oxygen atoms in total. The molecule has 1 aliphatic carbocycles. The summed E-state index contributed by atoms with van der Waals surface area (Å²) in [5, 5.41) is 24.6. The van der Waals surface area contributed by atoms with Crippen LogP contribution in [-0.4, -0.2) is 31.1 Å². The van der Waals surface area contributed by atoms with Crippen LogP contribution >= 0.6 is 0 Å². The van der Waals surface area contributed by atoms with Gasteiger partial charge in [-0.25, -0.2) is 9.97 Å². The van der Waals surface area contributed by atoms with Crippen LogP contribution in [-0.2, 0) is 10.4 Å². The second-order valence-corrected chi connectivity index (χ2v) is 9.21. The second-order valence-electron chi connectivity index (χ2n) is 9.21. The predicted molar refractivity (Wildman–Crippen MR) is 127 cm³/mol. The minimum absolute atomic E-state index is 0.366. The van der Waals surface area contributed by atoms with Crippen molar-refractivity contribution in [3.63, 3.8) is 0 Å². The summed E-state index contributed by atoms with van der Waals surface area (Å²) in [5.41, 5.74) is 1.22. The number of aliphatic carboxylic acids is 1. The Bertz CT molecular complexity index is 1150. The molecular weight excluding hydrogens is 416 g/mol. The van der Waals surface area contributed by atoms with E-state index in [9.17, 15) is 15.0 Å². The van der Waals surface area contributed by atoms with Crippen LogP contribution in [0.2, 0.25) is 0 Å². The maximum Gasteiger partial charge on any atom is 0.312 e. The van der Waals surface area contributed by atoms with Crippen LogP contribution in [0, 0.1) is 19.3 Å². The van der Waals surface area contributed by atoms with E-state index < -0.39 is 17.0 Å². The summed E-state index contributed by atoms with van der Waals surface area (Å²) < 4.78 is 0. The highest BCUT2D eigenvalue weighted by molar-refractivity contribution is 5.77. The predicted octanol–water partition coefficient (Wildman–Crippen LogP) is 5.14. The Morgan fingerprint density at radius 3 is 2.36 bits per heavy atom. The van der Waals surface area contributed by atoms with E-state index in [4.69, 9.17) is 4.98 Å². The second kappa shape index (κ2) is 8.90. The molecule has 0 spiro atoms. The van der Waals surface area contributed by atoms with E-state index in [1.165, 1.54) is 0 Å². The summed E-state index contributed by atoms with van der Waals surface area (Å²) in [6.07, 6.45) is 6.86. The first-order chi connectivity index (χ1) is 15.7. The van der Waals surface area contributed by atoms with Gasteiger partial charge in [-0.2, -0.15) is 0 Å². The molecule has 1 aliphatic rings. The third-order valence-electron chi connectivity index (χ3n) is 6.75. The van der Waals surface area contributed by atoms with Gasteiger partial charge in [-0.1, -0.05) is 19.3 Å². The minimum Gasteiger partial charge on any atom is -0.481 e. The zero-order valence-electron chi connectivity index (χ0n) is 19.3. The summed E-state index contributed by atoms with van der Waals surface area (Å²) in [6, 6.07) is 11.3. The number of hydrogen-bond acceptors (Lipinski definition) is 6. The van der Waals surface area contributed by atoms with Crippen LogP contribution in [0.25, 0.3) is 11.3 Å². The number of carboxylic acid groups (broad SMARTS) is 1. The number of nitrogens with one attached hydrogen (secondary N) is 1. The lowest BCUT2D eigenvalue weighted by Gasteiger charge is -2.44. The molecule has 3 heterocycles. The molecule has 4 rings (SSSR count). The lowest BCUT2D eigenvalue weighted by molar-refractivity contribution is -0.175.